The van der Waals surface area contributed by atoms with E-state index in [0.29, 0.717) is 29.1 Å². The topological polar surface area (TPSA) is 162 Å². The number of benzene rings is 2. The Morgan fingerprint density at radius 1 is 0.720 bits per heavy atom. The van der Waals surface area contributed by atoms with Crippen molar-refractivity contribution >= 4 is 41.4 Å². The molecule has 0 aromatic heterocycles. The molecule has 3 unspecified atom stereocenters. The Morgan fingerprint density at radius 3 is 1.56 bits per heavy atom. The van der Waals surface area contributed by atoms with E-state index in [4.69, 9.17) is 9.47 Å². The average molecular weight is 685 g/mol. The first-order valence-electron chi connectivity index (χ1n) is 17.7. The van der Waals surface area contributed by atoms with Crippen LogP contribution in [0.5, 0.6) is 0 Å². The van der Waals surface area contributed by atoms with Crippen LogP contribution in [-0.4, -0.2) is 42.4 Å². The third kappa shape index (κ3) is 15.5. The molecule has 1 amide bonds. The van der Waals surface area contributed by atoms with E-state index >= 15 is 0 Å². The van der Waals surface area contributed by atoms with Crippen LogP contribution in [0, 0.1) is 34.5 Å². The SMILES string of the molecule is CCCCC(CC)COC(=O)/C(C#N)=C/c1ccc(NC(=O)CCC(O)Nc2ccc(/C=C(\C#N)C(=O)OCC(CC)CCCC)cc2)cc1. The third-order valence-electron chi connectivity index (χ3n) is 8.37. The Labute approximate surface area is 297 Å². The van der Waals surface area contributed by atoms with E-state index in [1.165, 1.54) is 12.2 Å². The van der Waals surface area contributed by atoms with Crippen molar-refractivity contribution in [3.63, 3.8) is 0 Å². The molecule has 0 heterocycles. The molecule has 268 valence electrons. The molecule has 0 aliphatic carbocycles. The summed E-state index contributed by atoms with van der Waals surface area (Å²) in [7, 11) is 0. The van der Waals surface area contributed by atoms with Crippen molar-refractivity contribution in [3.05, 3.63) is 70.8 Å². The number of carbonyl (C=O) groups is 3. The fourth-order valence-corrected chi connectivity index (χ4v) is 5.04. The van der Waals surface area contributed by atoms with Gasteiger partial charge in [-0.2, -0.15) is 10.5 Å². The molecular weight excluding hydrogens is 632 g/mol. The van der Waals surface area contributed by atoms with Crippen molar-refractivity contribution < 1.29 is 29.0 Å². The monoisotopic (exact) mass is 684 g/mol. The number of nitrogens with one attached hydrogen (secondary N) is 2. The van der Waals surface area contributed by atoms with E-state index in [9.17, 15) is 30.0 Å². The van der Waals surface area contributed by atoms with Crippen LogP contribution in [0.15, 0.2) is 59.7 Å². The van der Waals surface area contributed by atoms with Crippen molar-refractivity contribution in [1.82, 2.24) is 0 Å². The summed E-state index contributed by atoms with van der Waals surface area (Å²) in [6, 6.07) is 17.4. The Balaban J connectivity index is 1.84. The molecule has 3 N–H and O–H groups in total. The van der Waals surface area contributed by atoms with Crippen LogP contribution >= 0.6 is 0 Å². The number of rotatable bonds is 22. The van der Waals surface area contributed by atoms with Gasteiger partial charge in [0.25, 0.3) is 0 Å². The maximum absolute atomic E-state index is 12.5. The van der Waals surface area contributed by atoms with Crippen molar-refractivity contribution in [2.75, 3.05) is 23.8 Å². The maximum atomic E-state index is 12.5. The fraction of sp³-hybridized carbons (Fsp3) is 0.475. The van der Waals surface area contributed by atoms with Gasteiger partial charge in [0.15, 0.2) is 0 Å². The van der Waals surface area contributed by atoms with Gasteiger partial charge in [-0.25, -0.2) is 9.59 Å². The summed E-state index contributed by atoms with van der Waals surface area (Å²) in [4.78, 5) is 37.4. The molecule has 0 spiro atoms. The van der Waals surface area contributed by atoms with Crippen molar-refractivity contribution in [1.29, 1.82) is 10.5 Å². The van der Waals surface area contributed by atoms with E-state index in [-0.39, 0.29) is 48.3 Å². The van der Waals surface area contributed by atoms with Crippen molar-refractivity contribution in [3.8, 4) is 12.1 Å². The molecule has 0 aliphatic heterocycles. The lowest BCUT2D eigenvalue weighted by Crippen LogP contribution is -2.21. The highest BCUT2D eigenvalue weighted by Crippen LogP contribution is 2.19. The molecule has 0 bridgehead atoms. The van der Waals surface area contributed by atoms with E-state index < -0.39 is 18.2 Å². The lowest BCUT2D eigenvalue weighted by Gasteiger charge is -2.15. The molecule has 2 aromatic rings. The fourth-order valence-electron chi connectivity index (χ4n) is 5.04. The highest BCUT2D eigenvalue weighted by molar-refractivity contribution is 5.98. The molecule has 10 heteroatoms. The van der Waals surface area contributed by atoms with Crippen LogP contribution in [0.3, 0.4) is 0 Å². The number of unbranched alkanes of at least 4 members (excludes halogenated alkanes) is 2. The Morgan fingerprint density at radius 2 is 1.16 bits per heavy atom. The number of nitriles is 2. The Kier molecular flexibility index (Phi) is 19.3. The average Bonchev–Trinajstić information content (AvgIpc) is 3.13. The molecule has 0 aliphatic rings. The van der Waals surface area contributed by atoms with Crippen LogP contribution in [0.1, 0.15) is 103 Å². The van der Waals surface area contributed by atoms with Gasteiger partial charge in [-0.05, 0) is 72.2 Å². The molecule has 0 radical (unpaired) electrons. The van der Waals surface area contributed by atoms with E-state index in [1.54, 1.807) is 48.5 Å². The summed E-state index contributed by atoms with van der Waals surface area (Å²) >= 11 is 0. The number of hydrogen-bond acceptors (Lipinski definition) is 9. The zero-order valence-electron chi connectivity index (χ0n) is 29.9. The summed E-state index contributed by atoms with van der Waals surface area (Å²) in [5.41, 5.74) is 2.20. The third-order valence-corrected chi connectivity index (χ3v) is 8.37. The van der Waals surface area contributed by atoms with Crippen LogP contribution in [0.4, 0.5) is 11.4 Å². The van der Waals surface area contributed by atoms with E-state index in [1.807, 2.05) is 12.1 Å². The number of amides is 1. The number of hydrogen-bond donors (Lipinski definition) is 3. The van der Waals surface area contributed by atoms with Crippen LogP contribution < -0.4 is 10.6 Å². The summed E-state index contributed by atoms with van der Waals surface area (Å²) in [6.07, 6.45) is 10.2. The number of ether oxygens (including phenoxy) is 2. The first-order chi connectivity index (χ1) is 24.1. The maximum Gasteiger partial charge on any atom is 0.348 e. The lowest BCUT2D eigenvalue weighted by atomic mass is 10.0. The molecule has 10 nitrogen and oxygen atoms in total. The van der Waals surface area contributed by atoms with Gasteiger partial charge in [0.05, 0.1) is 13.2 Å². The van der Waals surface area contributed by atoms with Gasteiger partial charge < -0.3 is 25.2 Å². The summed E-state index contributed by atoms with van der Waals surface area (Å²) in [6.45, 7) is 8.93. The zero-order valence-corrected chi connectivity index (χ0v) is 29.9. The highest BCUT2D eigenvalue weighted by atomic mass is 16.5. The lowest BCUT2D eigenvalue weighted by molar-refractivity contribution is -0.140. The van der Waals surface area contributed by atoms with Crippen molar-refractivity contribution in [2.45, 2.75) is 98.1 Å². The van der Waals surface area contributed by atoms with E-state index in [2.05, 4.69) is 38.3 Å². The largest absolute Gasteiger partial charge is 0.461 e. The van der Waals surface area contributed by atoms with Crippen molar-refractivity contribution in [2.24, 2.45) is 11.8 Å². The first kappa shape index (κ1) is 41.2. The van der Waals surface area contributed by atoms with E-state index in [0.717, 1.165) is 51.4 Å². The summed E-state index contributed by atoms with van der Waals surface area (Å²) < 4.78 is 10.8. The molecule has 0 fully saturated rings. The second-order valence-electron chi connectivity index (χ2n) is 12.4. The second-order valence-corrected chi connectivity index (χ2v) is 12.4. The molecular formula is C40H52N4O6. The predicted octanol–water partition coefficient (Wildman–Crippen LogP) is 8.17. The number of anilines is 2. The highest BCUT2D eigenvalue weighted by Gasteiger charge is 2.16. The zero-order chi connectivity index (χ0) is 36.7. The quantitative estimate of drug-likeness (QED) is 0.0481. The Bertz CT molecular complexity index is 1500. The standard InChI is InChI=1S/C40H52N4O6/c1-5-9-11-29(7-3)27-49-39(47)33(25-41)23-31-13-17-35(18-14-31)43-37(45)21-22-38(46)44-36-19-15-32(16-20-36)24-34(26-42)40(48)50-28-30(8-4)12-10-6-2/h13-20,23-24,29-30,37,43,45H,5-12,21-22,27-28H2,1-4H3,(H,44,46)/b33-23+,34-24+. The minimum Gasteiger partial charge on any atom is -0.461 e. The first-order valence-corrected chi connectivity index (χ1v) is 17.7. The normalized spacial score (nSPS) is 13.3. The predicted molar refractivity (Wildman–Crippen MR) is 196 cm³/mol. The van der Waals surface area contributed by atoms with Gasteiger partial charge in [-0.1, -0.05) is 90.5 Å². The smallest absolute Gasteiger partial charge is 0.348 e. The number of aliphatic hydroxyl groups is 1. The number of carbonyl (C=O) groups excluding carboxylic acids is 3. The molecule has 3 atom stereocenters. The van der Waals surface area contributed by atoms with Gasteiger partial charge in [-0.3, -0.25) is 4.79 Å². The summed E-state index contributed by atoms with van der Waals surface area (Å²) in [5, 5.41) is 35.1. The molecule has 0 saturated carbocycles. The number of esters is 2. The van der Waals surface area contributed by atoms with Gasteiger partial charge in [0.2, 0.25) is 5.91 Å². The molecule has 2 aromatic carbocycles. The van der Waals surface area contributed by atoms with Gasteiger partial charge in [-0.15, -0.1) is 0 Å². The van der Waals surface area contributed by atoms with Crippen LogP contribution in [0.2, 0.25) is 0 Å². The van der Waals surface area contributed by atoms with Gasteiger partial charge in [0, 0.05) is 24.2 Å². The number of nitrogens with zero attached hydrogens (tertiary/aromatic N) is 2. The minimum absolute atomic E-state index is 0.0447. The molecule has 50 heavy (non-hydrogen) atoms. The van der Waals surface area contributed by atoms with Crippen LogP contribution in [-0.2, 0) is 23.9 Å². The minimum atomic E-state index is -0.998. The Hall–Kier alpha value is -4.93. The number of aliphatic hydroxyl groups excluding tert-OH is 1. The van der Waals surface area contributed by atoms with Gasteiger partial charge in [0.1, 0.15) is 29.5 Å². The second kappa shape index (κ2) is 23.4. The van der Waals surface area contributed by atoms with Gasteiger partial charge >= 0.3 is 11.9 Å². The van der Waals surface area contributed by atoms with Crippen LogP contribution in [0.25, 0.3) is 12.2 Å². The molecule has 2 rings (SSSR count). The molecule has 0 saturated heterocycles. The summed E-state index contributed by atoms with van der Waals surface area (Å²) in [5.74, 6) is -1.04.